The van der Waals surface area contributed by atoms with Crippen LogP contribution in [0.3, 0.4) is 0 Å². The van der Waals surface area contributed by atoms with Crippen molar-refractivity contribution in [3.8, 4) is 0 Å². The predicted octanol–water partition coefficient (Wildman–Crippen LogP) is 1.93. The fraction of sp³-hybridized carbons (Fsp3) is 0.364. The summed E-state index contributed by atoms with van der Waals surface area (Å²) in [6, 6.07) is 13.7. The smallest absolute Gasteiger partial charge is 0.246 e. The molecule has 2 saturated heterocycles. The van der Waals surface area contributed by atoms with Crippen LogP contribution in [-0.2, 0) is 22.6 Å². The van der Waals surface area contributed by atoms with Gasteiger partial charge in [-0.3, -0.25) is 9.59 Å². The Bertz CT molecular complexity index is 887. The summed E-state index contributed by atoms with van der Waals surface area (Å²) in [7, 11) is 0. The lowest BCUT2D eigenvalue weighted by Gasteiger charge is -2.34. The number of hydrogen-bond donors (Lipinski definition) is 2. The fourth-order valence-electron chi connectivity index (χ4n) is 4.09. The van der Waals surface area contributed by atoms with E-state index in [1.165, 1.54) is 6.07 Å². The largest absolute Gasteiger partial charge is 0.342 e. The Kier molecular flexibility index (Phi) is 5.13. The molecule has 4 rings (SSSR count). The monoisotopic (exact) mass is 381 g/mol. The number of carbonyl (C=O) groups excluding carboxylic acids is 2. The minimum atomic E-state index is -0.529. The van der Waals surface area contributed by atoms with Crippen LogP contribution < -0.4 is 10.6 Å². The minimum absolute atomic E-state index is 0.0323. The normalized spacial score (nSPS) is 24.2. The molecular weight excluding hydrogens is 357 g/mol. The van der Waals surface area contributed by atoms with Gasteiger partial charge in [0.1, 0.15) is 17.9 Å². The maximum atomic E-state index is 14.0. The van der Waals surface area contributed by atoms with Gasteiger partial charge >= 0.3 is 0 Å². The van der Waals surface area contributed by atoms with Crippen LogP contribution >= 0.6 is 0 Å². The molecule has 2 N–H and O–H groups in total. The van der Waals surface area contributed by atoms with Crippen molar-refractivity contribution < 1.29 is 14.0 Å². The molecule has 6 heteroatoms. The third kappa shape index (κ3) is 3.78. The summed E-state index contributed by atoms with van der Waals surface area (Å²) in [4.78, 5) is 27.1. The van der Waals surface area contributed by atoms with E-state index in [0.717, 1.165) is 11.1 Å². The van der Waals surface area contributed by atoms with Crippen LogP contribution in [0.2, 0.25) is 0 Å². The number of amides is 2. The van der Waals surface area contributed by atoms with E-state index in [9.17, 15) is 14.0 Å². The highest BCUT2D eigenvalue weighted by Crippen LogP contribution is 2.24. The van der Waals surface area contributed by atoms with Gasteiger partial charge in [-0.15, -0.1) is 0 Å². The summed E-state index contributed by atoms with van der Waals surface area (Å²) in [5.74, 6) is -0.392. The molecule has 2 aliphatic rings. The Balaban J connectivity index is 1.40. The molecule has 0 bridgehead atoms. The van der Waals surface area contributed by atoms with Gasteiger partial charge in [-0.05, 0) is 25.0 Å². The molecule has 0 radical (unpaired) electrons. The van der Waals surface area contributed by atoms with Crippen molar-refractivity contribution >= 4 is 11.8 Å². The van der Waals surface area contributed by atoms with Gasteiger partial charge in [0.25, 0.3) is 0 Å². The van der Waals surface area contributed by atoms with Gasteiger partial charge in [-0.25, -0.2) is 4.39 Å². The second-order valence-electron chi connectivity index (χ2n) is 7.67. The van der Waals surface area contributed by atoms with Crippen molar-refractivity contribution in [3.05, 3.63) is 71.0 Å². The molecule has 2 amide bonds. The van der Waals surface area contributed by atoms with Crippen molar-refractivity contribution in [1.82, 2.24) is 15.5 Å². The van der Waals surface area contributed by atoms with E-state index < -0.39 is 12.1 Å². The van der Waals surface area contributed by atoms with Crippen LogP contribution in [-0.4, -0.2) is 41.4 Å². The number of rotatable bonds is 5. The van der Waals surface area contributed by atoms with E-state index in [1.807, 2.05) is 43.3 Å². The summed E-state index contributed by atoms with van der Waals surface area (Å²) < 4.78 is 14.0. The van der Waals surface area contributed by atoms with Crippen molar-refractivity contribution in [2.24, 2.45) is 0 Å². The molecule has 0 aliphatic carbocycles. The first-order valence-corrected chi connectivity index (χ1v) is 9.64. The zero-order valence-corrected chi connectivity index (χ0v) is 15.8. The minimum Gasteiger partial charge on any atom is -0.342 e. The highest BCUT2D eigenvalue weighted by molar-refractivity contribution is 5.97. The van der Waals surface area contributed by atoms with Gasteiger partial charge in [0.2, 0.25) is 11.8 Å². The molecule has 2 aliphatic heterocycles. The lowest BCUT2D eigenvalue weighted by molar-refractivity contribution is -0.147. The van der Waals surface area contributed by atoms with Gasteiger partial charge in [0.15, 0.2) is 0 Å². The SMILES string of the molecule is Cc1ccc(F)c(CN[C@H]2C[C@H]3C(=O)N[C@H](Cc4ccccc4)C(=O)N3C2)c1. The molecule has 0 aromatic heterocycles. The Morgan fingerprint density at radius 3 is 2.75 bits per heavy atom. The molecule has 0 spiro atoms. The second kappa shape index (κ2) is 7.72. The van der Waals surface area contributed by atoms with Gasteiger partial charge in [0, 0.05) is 31.1 Å². The predicted molar refractivity (Wildman–Crippen MR) is 104 cm³/mol. The van der Waals surface area contributed by atoms with Gasteiger partial charge < -0.3 is 15.5 Å². The molecular formula is C22H24FN3O2. The Hall–Kier alpha value is -2.73. The summed E-state index contributed by atoms with van der Waals surface area (Å²) in [6.07, 6.45) is 1.03. The number of benzene rings is 2. The quantitative estimate of drug-likeness (QED) is 0.832. The average Bonchev–Trinajstić information content (AvgIpc) is 3.13. The topological polar surface area (TPSA) is 61.4 Å². The maximum Gasteiger partial charge on any atom is 0.246 e. The molecule has 2 aromatic rings. The lowest BCUT2D eigenvalue weighted by Crippen LogP contribution is -2.61. The summed E-state index contributed by atoms with van der Waals surface area (Å²) in [5, 5.41) is 6.19. The van der Waals surface area contributed by atoms with Crippen LogP contribution in [0.15, 0.2) is 48.5 Å². The van der Waals surface area contributed by atoms with E-state index in [0.29, 0.717) is 31.5 Å². The number of hydrogen-bond acceptors (Lipinski definition) is 3. The summed E-state index contributed by atoms with van der Waals surface area (Å²) >= 11 is 0. The van der Waals surface area contributed by atoms with Crippen molar-refractivity contribution in [3.63, 3.8) is 0 Å². The van der Waals surface area contributed by atoms with Gasteiger partial charge in [-0.1, -0.05) is 48.0 Å². The van der Waals surface area contributed by atoms with Crippen LogP contribution in [0.1, 0.15) is 23.1 Å². The molecule has 5 nitrogen and oxygen atoms in total. The van der Waals surface area contributed by atoms with Crippen LogP contribution in [0.25, 0.3) is 0 Å². The zero-order valence-electron chi connectivity index (χ0n) is 15.8. The number of nitrogens with zero attached hydrogens (tertiary/aromatic N) is 1. The molecule has 0 unspecified atom stereocenters. The Morgan fingerprint density at radius 2 is 1.96 bits per heavy atom. The highest BCUT2D eigenvalue weighted by Gasteiger charge is 2.46. The first-order valence-electron chi connectivity index (χ1n) is 9.64. The van der Waals surface area contributed by atoms with Crippen molar-refractivity contribution in [1.29, 1.82) is 0 Å². The molecule has 2 fully saturated rings. The maximum absolute atomic E-state index is 14.0. The van der Waals surface area contributed by atoms with E-state index in [1.54, 1.807) is 11.0 Å². The number of fused-ring (bicyclic) bond motifs is 1. The first kappa shape index (κ1) is 18.6. The summed E-state index contributed by atoms with van der Waals surface area (Å²) in [5.41, 5.74) is 2.62. The standard InChI is InChI=1S/C22H24FN3O2/c1-14-7-8-18(23)16(9-14)12-24-17-11-20-21(27)25-19(22(28)26(20)13-17)10-15-5-3-2-4-6-15/h2-9,17,19-20,24H,10-13H2,1H3,(H,25,27)/t17-,19+,20-/m0/s1. The summed E-state index contributed by atoms with van der Waals surface area (Å²) in [6.45, 7) is 2.77. The van der Waals surface area contributed by atoms with Gasteiger partial charge in [-0.2, -0.15) is 0 Å². The number of carbonyl (C=O) groups is 2. The average molecular weight is 381 g/mol. The van der Waals surface area contributed by atoms with Gasteiger partial charge in [0.05, 0.1) is 0 Å². The van der Waals surface area contributed by atoms with Crippen LogP contribution in [0.5, 0.6) is 0 Å². The van der Waals surface area contributed by atoms with E-state index in [-0.39, 0.29) is 23.7 Å². The van der Waals surface area contributed by atoms with Crippen LogP contribution in [0, 0.1) is 12.7 Å². The molecule has 28 heavy (non-hydrogen) atoms. The van der Waals surface area contributed by atoms with E-state index in [4.69, 9.17) is 0 Å². The van der Waals surface area contributed by atoms with Crippen molar-refractivity contribution in [2.75, 3.05) is 6.54 Å². The lowest BCUT2D eigenvalue weighted by atomic mass is 10.0. The molecule has 2 heterocycles. The molecule has 146 valence electrons. The Labute approximate surface area is 163 Å². The molecule has 3 atom stereocenters. The van der Waals surface area contributed by atoms with E-state index >= 15 is 0 Å². The van der Waals surface area contributed by atoms with Crippen LogP contribution in [0.4, 0.5) is 4.39 Å². The Morgan fingerprint density at radius 1 is 1.18 bits per heavy atom. The zero-order chi connectivity index (χ0) is 19.7. The van der Waals surface area contributed by atoms with Crippen molar-refractivity contribution in [2.45, 2.75) is 44.4 Å². The fourth-order valence-corrected chi connectivity index (χ4v) is 4.09. The second-order valence-corrected chi connectivity index (χ2v) is 7.67. The number of nitrogens with one attached hydrogen (secondary N) is 2. The molecule has 2 aromatic carbocycles. The number of aryl methyl sites for hydroxylation is 1. The molecule has 0 saturated carbocycles. The van der Waals surface area contributed by atoms with E-state index in [2.05, 4.69) is 10.6 Å². The third-order valence-corrected chi connectivity index (χ3v) is 5.57. The number of piperazine rings is 1. The number of halogens is 1. The third-order valence-electron chi connectivity index (χ3n) is 5.57. The first-order chi connectivity index (χ1) is 13.5. The highest BCUT2D eigenvalue weighted by atomic mass is 19.1.